The molecule has 0 atom stereocenters. The van der Waals surface area contributed by atoms with Gasteiger partial charge < -0.3 is 0 Å². The van der Waals surface area contributed by atoms with Crippen LogP contribution in [-0.2, 0) is 0 Å². The first-order chi connectivity index (χ1) is 5.36. The molecule has 0 radical (unpaired) electrons. The Bertz CT molecular complexity index is 384. The summed E-state index contributed by atoms with van der Waals surface area (Å²) >= 11 is 0. The van der Waals surface area contributed by atoms with E-state index in [4.69, 9.17) is 0 Å². The maximum absolute atomic E-state index is 4.06. The molecule has 2 aromatic heterocycles. The lowest BCUT2D eigenvalue weighted by molar-refractivity contribution is 1.37. The van der Waals surface area contributed by atoms with Crippen LogP contribution in [0.4, 0.5) is 0 Å². The summed E-state index contributed by atoms with van der Waals surface area (Å²) in [5.74, 6) is 0. The van der Waals surface area contributed by atoms with Crippen LogP contribution in [0.15, 0.2) is 30.6 Å². The van der Waals surface area contributed by atoms with Crippen molar-refractivity contribution in [1.82, 2.24) is 4.98 Å². The molecule has 0 saturated carbocycles. The van der Waals surface area contributed by atoms with Gasteiger partial charge in [0.15, 0.2) is 0 Å². The van der Waals surface area contributed by atoms with Crippen LogP contribution in [0, 0.1) is 6.92 Å². The quantitative estimate of drug-likeness (QED) is 0.578. The Morgan fingerprint density at radius 1 is 1.27 bits per heavy atom. The second kappa shape index (κ2) is 2.60. The molecule has 54 valence electrons. The number of hydrogen-bond acceptors (Lipinski definition) is 1. The van der Waals surface area contributed by atoms with Crippen LogP contribution in [0.2, 0.25) is 0 Å². The van der Waals surface area contributed by atoms with E-state index < -0.39 is 0 Å². The van der Waals surface area contributed by atoms with Gasteiger partial charge in [0.25, 0.3) is 0 Å². The van der Waals surface area contributed by atoms with Crippen molar-refractivity contribution in [2.45, 2.75) is 6.92 Å². The van der Waals surface area contributed by atoms with Crippen LogP contribution < -0.4 is 0 Å². The smallest absolute Gasteiger partial charge is 0.0349 e. The second-order valence-electron chi connectivity index (χ2n) is 2.52. The minimum Gasteiger partial charge on any atom is -0.264 e. The molecule has 0 amide bonds. The number of nitrogens with zero attached hydrogens (tertiary/aromatic N) is 1. The third-order valence-electron chi connectivity index (χ3n) is 1.63. The van der Waals surface area contributed by atoms with Crippen molar-refractivity contribution in [3.05, 3.63) is 35.9 Å². The highest BCUT2D eigenvalue weighted by molar-refractivity contribution is 7.37. The van der Waals surface area contributed by atoms with Gasteiger partial charge in [0, 0.05) is 22.9 Å². The van der Waals surface area contributed by atoms with E-state index in [2.05, 4.69) is 30.1 Å². The topological polar surface area (TPSA) is 12.9 Å². The van der Waals surface area contributed by atoms with Crippen molar-refractivity contribution >= 4 is 18.7 Å². The van der Waals surface area contributed by atoms with Gasteiger partial charge in [-0.1, -0.05) is 20.3 Å². The number of rotatable bonds is 0. The molecule has 0 aliphatic heterocycles. The third kappa shape index (κ3) is 1.24. The zero-order valence-corrected chi connectivity index (χ0v) is 7.18. The Balaban J connectivity index is 2.83. The lowest BCUT2D eigenvalue weighted by atomic mass is 10.3. The number of fused-ring (bicyclic) bond motifs is 1. The van der Waals surface area contributed by atoms with E-state index in [-0.39, 0.29) is 0 Å². The van der Waals surface area contributed by atoms with E-state index >= 15 is 0 Å². The molecule has 2 aromatic rings. The number of aromatic nitrogens is 1. The summed E-state index contributed by atoms with van der Waals surface area (Å²) in [6.45, 7) is 2.14. The standard InChI is InChI=1S/C9H8NP/c1-7-2-3-8-6-10-5-4-9(8)11-7/h2-6H,1H3. The van der Waals surface area contributed by atoms with E-state index in [9.17, 15) is 0 Å². The van der Waals surface area contributed by atoms with Gasteiger partial charge >= 0.3 is 0 Å². The predicted octanol–water partition coefficient (Wildman–Crippen LogP) is 3.12. The molecule has 0 aromatic carbocycles. The number of aryl methyl sites for hydroxylation is 1. The minimum atomic E-state index is 1.25. The first-order valence-electron chi connectivity index (χ1n) is 3.53. The van der Waals surface area contributed by atoms with Crippen LogP contribution in [0.25, 0.3) is 10.5 Å². The molecule has 0 fully saturated rings. The minimum absolute atomic E-state index is 1.25. The summed E-state index contributed by atoms with van der Waals surface area (Å²) in [5.41, 5.74) is 0. The maximum Gasteiger partial charge on any atom is 0.0349 e. The van der Waals surface area contributed by atoms with Crippen LogP contribution in [0.3, 0.4) is 0 Å². The van der Waals surface area contributed by atoms with Gasteiger partial charge in [-0.2, -0.15) is 0 Å². The lowest BCUT2D eigenvalue weighted by Gasteiger charge is -1.95. The number of pyridine rings is 1. The van der Waals surface area contributed by atoms with Gasteiger partial charge in [-0.15, -0.1) is 0 Å². The monoisotopic (exact) mass is 161 g/mol. The Labute approximate surface area is 67.2 Å². The SMILES string of the molecule is Cc1ccc2cnccc2p1. The molecular weight excluding hydrogens is 153 g/mol. The highest BCUT2D eigenvalue weighted by Gasteiger charge is 1.91. The number of hydrogen-bond donors (Lipinski definition) is 0. The average molecular weight is 161 g/mol. The van der Waals surface area contributed by atoms with Crippen LogP contribution in [-0.4, -0.2) is 4.98 Å². The molecule has 2 rings (SSSR count). The Kier molecular flexibility index (Phi) is 1.59. The van der Waals surface area contributed by atoms with Gasteiger partial charge in [0.05, 0.1) is 0 Å². The van der Waals surface area contributed by atoms with Crippen molar-refractivity contribution in [3.63, 3.8) is 0 Å². The van der Waals surface area contributed by atoms with Crippen molar-refractivity contribution in [2.24, 2.45) is 0 Å². The van der Waals surface area contributed by atoms with Crippen LogP contribution in [0.1, 0.15) is 5.30 Å². The molecule has 0 saturated heterocycles. The van der Waals surface area contributed by atoms with E-state index in [0.29, 0.717) is 0 Å². The van der Waals surface area contributed by atoms with Gasteiger partial charge in [0.1, 0.15) is 0 Å². The normalized spacial score (nSPS) is 11.0. The molecule has 0 N–H and O–H groups in total. The molecule has 1 nitrogen and oxygen atoms in total. The van der Waals surface area contributed by atoms with Crippen molar-refractivity contribution in [2.75, 3.05) is 0 Å². The molecule has 11 heavy (non-hydrogen) atoms. The van der Waals surface area contributed by atoms with E-state index in [0.717, 1.165) is 0 Å². The molecular formula is C9H8NP. The van der Waals surface area contributed by atoms with E-state index in [1.807, 2.05) is 12.4 Å². The highest BCUT2D eigenvalue weighted by Crippen LogP contribution is 2.24. The third-order valence-corrected chi connectivity index (χ3v) is 2.78. The molecule has 0 aliphatic rings. The zero-order valence-electron chi connectivity index (χ0n) is 6.28. The fourth-order valence-electron chi connectivity index (χ4n) is 1.07. The molecule has 2 heterocycles. The second-order valence-corrected chi connectivity index (χ2v) is 3.93. The first-order valence-corrected chi connectivity index (χ1v) is 4.43. The lowest BCUT2D eigenvalue weighted by Crippen LogP contribution is -1.71. The summed E-state index contributed by atoms with van der Waals surface area (Å²) < 4.78 is 0. The molecule has 0 aliphatic carbocycles. The summed E-state index contributed by atoms with van der Waals surface area (Å²) in [6, 6.07) is 6.34. The summed E-state index contributed by atoms with van der Waals surface area (Å²) in [4.78, 5) is 4.06. The van der Waals surface area contributed by atoms with Gasteiger partial charge in [-0.05, 0) is 18.3 Å². The molecule has 0 bridgehead atoms. The summed E-state index contributed by atoms with van der Waals surface area (Å²) in [6.07, 6.45) is 3.75. The van der Waals surface area contributed by atoms with E-state index in [1.54, 1.807) is 0 Å². The summed E-state index contributed by atoms with van der Waals surface area (Å²) in [7, 11) is 1.32. The van der Waals surface area contributed by atoms with Crippen molar-refractivity contribution in [1.29, 1.82) is 0 Å². The fraction of sp³-hybridized carbons (Fsp3) is 0.111. The first kappa shape index (κ1) is 6.75. The Morgan fingerprint density at radius 3 is 3.09 bits per heavy atom. The Hall–Kier alpha value is -0.940. The largest absolute Gasteiger partial charge is 0.264 e. The van der Waals surface area contributed by atoms with E-state index in [1.165, 1.54) is 24.0 Å². The zero-order chi connectivity index (χ0) is 7.68. The van der Waals surface area contributed by atoms with Crippen LogP contribution in [0.5, 0.6) is 0 Å². The highest BCUT2D eigenvalue weighted by atomic mass is 31.0. The fourth-order valence-corrected chi connectivity index (χ4v) is 2.00. The van der Waals surface area contributed by atoms with Gasteiger partial charge in [0.2, 0.25) is 0 Å². The Morgan fingerprint density at radius 2 is 2.18 bits per heavy atom. The predicted molar refractivity (Wildman–Crippen MR) is 49.0 cm³/mol. The van der Waals surface area contributed by atoms with Gasteiger partial charge in [-0.3, -0.25) is 4.98 Å². The average Bonchev–Trinajstić information content (AvgIpc) is 2.04. The molecule has 0 unspecified atom stereocenters. The van der Waals surface area contributed by atoms with Crippen molar-refractivity contribution in [3.8, 4) is 0 Å². The van der Waals surface area contributed by atoms with Crippen LogP contribution >= 0.6 is 8.19 Å². The van der Waals surface area contributed by atoms with Gasteiger partial charge in [-0.25, -0.2) is 0 Å². The van der Waals surface area contributed by atoms with Crippen molar-refractivity contribution < 1.29 is 0 Å². The summed E-state index contributed by atoms with van der Waals surface area (Å²) in [5, 5.41) is 4.00. The maximum atomic E-state index is 4.06. The molecule has 2 heteroatoms. The molecule has 0 spiro atoms.